The Morgan fingerprint density at radius 2 is 1.96 bits per heavy atom. The molecule has 148 valence electrons. The summed E-state index contributed by atoms with van der Waals surface area (Å²) in [6.07, 6.45) is 3.18. The zero-order valence-electron chi connectivity index (χ0n) is 16.1. The third kappa shape index (κ3) is 4.03. The molecule has 0 N–H and O–H groups in total. The van der Waals surface area contributed by atoms with Crippen LogP contribution in [0.15, 0.2) is 51.6 Å². The molecule has 0 aliphatic carbocycles. The van der Waals surface area contributed by atoms with Gasteiger partial charge < -0.3 is 18.6 Å². The summed E-state index contributed by atoms with van der Waals surface area (Å²) < 4.78 is 13.6. The maximum atomic E-state index is 13.2. The van der Waals surface area contributed by atoms with Crippen LogP contribution in [0.5, 0.6) is 0 Å². The van der Waals surface area contributed by atoms with Crippen molar-refractivity contribution in [3.63, 3.8) is 0 Å². The van der Waals surface area contributed by atoms with Gasteiger partial charge in [-0.1, -0.05) is 30.3 Å². The summed E-state index contributed by atoms with van der Waals surface area (Å²) in [6, 6.07) is 14.4. The number of piperidine rings is 1. The molecule has 4 rings (SSSR count). The van der Waals surface area contributed by atoms with Crippen LogP contribution in [0.3, 0.4) is 0 Å². The van der Waals surface area contributed by atoms with Crippen molar-refractivity contribution in [3.8, 4) is 0 Å². The zero-order chi connectivity index (χ0) is 19.5. The molecule has 28 heavy (non-hydrogen) atoms. The van der Waals surface area contributed by atoms with Crippen molar-refractivity contribution in [2.75, 3.05) is 26.8 Å². The Hall–Kier alpha value is -2.05. The molecule has 0 unspecified atom stereocenters. The Morgan fingerprint density at radius 3 is 2.68 bits per heavy atom. The summed E-state index contributed by atoms with van der Waals surface area (Å²) >= 11 is 3.37. The normalized spacial score (nSPS) is 15.4. The van der Waals surface area contributed by atoms with E-state index in [9.17, 15) is 4.79 Å². The fourth-order valence-electron chi connectivity index (χ4n) is 4.06. The van der Waals surface area contributed by atoms with Crippen LogP contribution in [-0.4, -0.2) is 42.2 Å². The van der Waals surface area contributed by atoms with Crippen LogP contribution >= 0.6 is 15.9 Å². The van der Waals surface area contributed by atoms with Gasteiger partial charge in [0.1, 0.15) is 5.69 Å². The lowest BCUT2D eigenvalue weighted by Crippen LogP contribution is -2.39. The van der Waals surface area contributed by atoms with E-state index >= 15 is 0 Å². The first-order valence-corrected chi connectivity index (χ1v) is 10.6. The molecule has 6 heteroatoms. The van der Waals surface area contributed by atoms with Crippen molar-refractivity contribution in [3.05, 3.63) is 58.4 Å². The van der Waals surface area contributed by atoms with Gasteiger partial charge in [-0.25, -0.2) is 0 Å². The highest BCUT2D eigenvalue weighted by Crippen LogP contribution is 2.29. The second kappa shape index (κ2) is 8.53. The molecule has 0 atom stereocenters. The van der Waals surface area contributed by atoms with E-state index < -0.39 is 0 Å². The minimum absolute atomic E-state index is 0.0804. The number of ether oxygens (including phenoxy) is 1. The summed E-state index contributed by atoms with van der Waals surface area (Å²) in [4.78, 5) is 15.2. The summed E-state index contributed by atoms with van der Waals surface area (Å²) in [7, 11) is 1.67. The molecule has 0 saturated carbocycles. The summed E-state index contributed by atoms with van der Waals surface area (Å²) in [5.74, 6) is 0.718. The molecule has 3 aromatic rings. The Morgan fingerprint density at radius 1 is 1.21 bits per heavy atom. The third-order valence-electron chi connectivity index (χ3n) is 5.57. The molecule has 0 spiro atoms. The smallest absolute Gasteiger partial charge is 0.270 e. The largest absolute Gasteiger partial charge is 0.448 e. The van der Waals surface area contributed by atoms with Gasteiger partial charge in [0.2, 0.25) is 0 Å². The van der Waals surface area contributed by atoms with Crippen molar-refractivity contribution in [2.45, 2.75) is 25.8 Å². The Balaban J connectivity index is 1.45. The van der Waals surface area contributed by atoms with E-state index in [1.807, 2.05) is 21.6 Å². The van der Waals surface area contributed by atoms with Crippen LogP contribution in [0.1, 0.15) is 28.9 Å². The first-order valence-electron chi connectivity index (χ1n) is 9.76. The molecule has 0 radical (unpaired) electrons. The fourth-order valence-corrected chi connectivity index (χ4v) is 4.45. The van der Waals surface area contributed by atoms with Gasteiger partial charge in [0.25, 0.3) is 5.91 Å². The fraction of sp³-hybridized carbons (Fsp3) is 0.409. The quantitative estimate of drug-likeness (QED) is 0.551. The van der Waals surface area contributed by atoms with Crippen LogP contribution < -0.4 is 0 Å². The van der Waals surface area contributed by atoms with Crippen LogP contribution in [-0.2, 0) is 17.7 Å². The monoisotopic (exact) mass is 444 g/mol. The first kappa shape index (κ1) is 19.3. The SMILES string of the molecule is COCCn1c(C(=O)N2CCC(Cc3ccccc3)CC2)cc2oc(Br)cc21. The number of aromatic nitrogens is 1. The highest BCUT2D eigenvalue weighted by molar-refractivity contribution is 9.10. The topological polar surface area (TPSA) is 47.6 Å². The molecule has 0 bridgehead atoms. The number of carbonyl (C=O) groups is 1. The number of carbonyl (C=O) groups excluding carboxylic acids is 1. The number of likely N-dealkylation sites (tertiary alicyclic amines) is 1. The number of nitrogens with zero attached hydrogens (tertiary/aromatic N) is 2. The molecular formula is C22H25BrN2O3. The summed E-state index contributed by atoms with van der Waals surface area (Å²) in [6.45, 7) is 2.78. The number of methoxy groups -OCH3 is 1. The lowest BCUT2D eigenvalue weighted by molar-refractivity contribution is 0.0678. The maximum absolute atomic E-state index is 13.2. The van der Waals surface area contributed by atoms with Crippen molar-refractivity contribution < 1.29 is 13.9 Å². The molecule has 1 aliphatic heterocycles. The van der Waals surface area contributed by atoms with Crippen molar-refractivity contribution >= 4 is 32.9 Å². The Labute approximate surface area is 173 Å². The van der Waals surface area contributed by atoms with Gasteiger partial charge in [-0.05, 0) is 46.7 Å². The molecule has 1 saturated heterocycles. The number of hydrogen-bond acceptors (Lipinski definition) is 3. The highest BCUT2D eigenvalue weighted by atomic mass is 79.9. The molecule has 1 aliphatic rings. The Bertz CT molecular complexity index is 940. The van der Waals surface area contributed by atoms with Gasteiger partial charge in [-0.2, -0.15) is 0 Å². The van der Waals surface area contributed by atoms with Gasteiger partial charge in [0, 0.05) is 38.9 Å². The number of benzene rings is 1. The highest BCUT2D eigenvalue weighted by Gasteiger charge is 2.27. The lowest BCUT2D eigenvalue weighted by Gasteiger charge is -2.32. The van der Waals surface area contributed by atoms with Crippen LogP contribution in [0, 0.1) is 5.92 Å². The van der Waals surface area contributed by atoms with Crippen molar-refractivity contribution in [1.29, 1.82) is 0 Å². The van der Waals surface area contributed by atoms with Crippen LogP contribution in [0.2, 0.25) is 0 Å². The third-order valence-corrected chi connectivity index (χ3v) is 5.96. The molecule has 1 aromatic carbocycles. The zero-order valence-corrected chi connectivity index (χ0v) is 17.7. The molecule has 1 fully saturated rings. The predicted molar refractivity (Wildman–Crippen MR) is 113 cm³/mol. The molecule has 2 aromatic heterocycles. The Kier molecular flexibility index (Phi) is 5.87. The van der Waals surface area contributed by atoms with Crippen molar-refractivity contribution in [1.82, 2.24) is 9.47 Å². The minimum atomic E-state index is 0.0804. The first-order chi connectivity index (χ1) is 13.7. The average molecular weight is 445 g/mol. The maximum Gasteiger partial charge on any atom is 0.270 e. The molecule has 3 heterocycles. The van der Waals surface area contributed by atoms with E-state index in [0.29, 0.717) is 29.4 Å². The molecular weight excluding hydrogens is 420 g/mol. The lowest BCUT2D eigenvalue weighted by atomic mass is 9.90. The van der Waals surface area contributed by atoms with Gasteiger partial charge in [0.05, 0.1) is 12.1 Å². The van der Waals surface area contributed by atoms with E-state index in [4.69, 9.17) is 9.15 Å². The van der Waals surface area contributed by atoms with E-state index in [1.165, 1.54) is 5.56 Å². The minimum Gasteiger partial charge on any atom is -0.448 e. The molecule has 5 nitrogen and oxygen atoms in total. The second-order valence-electron chi connectivity index (χ2n) is 7.40. The summed E-state index contributed by atoms with van der Waals surface area (Å²) in [5.41, 5.74) is 3.71. The van der Waals surface area contributed by atoms with Crippen LogP contribution in [0.25, 0.3) is 11.1 Å². The second-order valence-corrected chi connectivity index (χ2v) is 8.18. The number of halogens is 1. The standard InChI is InChI=1S/C22H25BrN2O3/c1-27-12-11-25-18-15-21(23)28-20(18)14-19(25)22(26)24-9-7-17(8-10-24)13-16-5-3-2-4-6-16/h2-6,14-15,17H,7-13H2,1H3. The van der Waals surface area contributed by atoms with E-state index in [2.05, 4.69) is 46.3 Å². The number of amides is 1. The van der Waals surface area contributed by atoms with E-state index in [-0.39, 0.29) is 5.91 Å². The van der Waals surface area contributed by atoms with Gasteiger partial charge in [-0.3, -0.25) is 4.79 Å². The number of hydrogen-bond donors (Lipinski definition) is 0. The summed E-state index contributed by atoms with van der Waals surface area (Å²) in [5, 5.41) is 0. The van der Waals surface area contributed by atoms with E-state index in [1.54, 1.807) is 7.11 Å². The van der Waals surface area contributed by atoms with Gasteiger partial charge >= 0.3 is 0 Å². The van der Waals surface area contributed by atoms with Gasteiger partial charge in [0.15, 0.2) is 10.3 Å². The van der Waals surface area contributed by atoms with E-state index in [0.717, 1.165) is 43.5 Å². The van der Waals surface area contributed by atoms with Crippen LogP contribution in [0.4, 0.5) is 0 Å². The molecule has 1 amide bonds. The predicted octanol–water partition coefficient (Wildman–Crippen LogP) is 4.74. The average Bonchev–Trinajstić information content (AvgIpc) is 3.23. The number of furan rings is 1. The number of rotatable bonds is 6. The number of fused-ring (bicyclic) bond motifs is 1. The van der Waals surface area contributed by atoms with Gasteiger partial charge in [-0.15, -0.1) is 0 Å². The van der Waals surface area contributed by atoms with Crippen molar-refractivity contribution in [2.24, 2.45) is 5.92 Å².